The van der Waals surface area contributed by atoms with Crippen molar-refractivity contribution in [1.29, 1.82) is 0 Å². The Morgan fingerprint density at radius 2 is 2.13 bits per heavy atom. The quantitative estimate of drug-likeness (QED) is 0.358. The zero-order chi connectivity index (χ0) is 10.8. The summed E-state index contributed by atoms with van der Waals surface area (Å²) in [5, 5.41) is 0. The van der Waals surface area contributed by atoms with Crippen LogP contribution in [0.3, 0.4) is 0 Å². The molecule has 0 fully saturated rings. The van der Waals surface area contributed by atoms with Gasteiger partial charge in [0.2, 0.25) is 0 Å². The topological polar surface area (TPSA) is 57.2 Å². The molecular weight excluding hydrogens is 223 g/mol. The summed E-state index contributed by atoms with van der Waals surface area (Å²) in [5.74, 6) is 0.988. The van der Waals surface area contributed by atoms with Crippen LogP contribution in [0.15, 0.2) is 11.6 Å². The van der Waals surface area contributed by atoms with E-state index in [4.69, 9.17) is 0 Å². The molecule has 0 spiro atoms. The van der Waals surface area contributed by atoms with E-state index in [-0.39, 0.29) is 35.3 Å². The van der Waals surface area contributed by atoms with Gasteiger partial charge in [-0.25, -0.2) is 8.42 Å². The van der Waals surface area contributed by atoms with Crippen LogP contribution in [0.1, 0.15) is 33.1 Å². The van der Waals surface area contributed by atoms with Gasteiger partial charge in [-0.1, -0.05) is 25.5 Å². The van der Waals surface area contributed by atoms with Crippen LogP contribution >= 0.6 is 0 Å². The molecule has 0 unspecified atom stereocenters. The molecule has 0 aromatic rings. The summed E-state index contributed by atoms with van der Waals surface area (Å²) < 4.78 is 31.6. The van der Waals surface area contributed by atoms with E-state index in [0.29, 0.717) is 11.8 Å². The molecule has 1 aliphatic carbocycles. The molecule has 1 rings (SSSR count). The zero-order valence-electron chi connectivity index (χ0n) is 9.69. The molecule has 82 valence electrons. The fraction of sp³-hybridized carbons (Fsp3) is 0.800. The van der Waals surface area contributed by atoms with E-state index in [1.807, 2.05) is 6.08 Å². The number of allylic oxidation sites excluding steroid dienone is 1. The fourth-order valence-corrected chi connectivity index (χ4v) is 2.59. The van der Waals surface area contributed by atoms with Gasteiger partial charge in [-0.05, 0) is 31.1 Å². The Hall–Kier alpha value is 0.650. The van der Waals surface area contributed by atoms with Crippen molar-refractivity contribution in [1.82, 2.24) is 0 Å². The molecule has 0 N–H and O–H groups in total. The van der Waals surface area contributed by atoms with Crippen molar-refractivity contribution in [3.8, 4) is 0 Å². The smallest absolute Gasteiger partial charge is 0.748 e. The van der Waals surface area contributed by atoms with Crippen molar-refractivity contribution in [3.63, 3.8) is 0 Å². The van der Waals surface area contributed by atoms with Crippen molar-refractivity contribution < 1.29 is 42.5 Å². The molecule has 5 heteroatoms. The van der Waals surface area contributed by atoms with E-state index >= 15 is 0 Å². The first-order valence-electron chi connectivity index (χ1n) is 5.00. The van der Waals surface area contributed by atoms with Gasteiger partial charge in [0.25, 0.3) is 0 Å². The first kappa shape index (κ1) is 15.7. The Kier molecular flexibility index (Phi) is 6.68. The summed E-state index contributed by atoms with van der Waals surface area (Å²) in [5.41, 5.74) is 0.803. The van der Waals surface area contributed by atoms with Crippen LogP contribution in [-0.2, 0) is 10.1 Å². The molecule has 1 atom stereocenters. The van der Waals surface area contributed by atoms with Crippen molar-refractivity contribution >= 4 is 10.1 Å². The molecule has 1 aliphatic rings. The fourth-order valence-electron chi connectivity index (χ4n) is 1.87. The van der Waals surface area contributed by atoms with Crippen molar-refractivity contribution in [2.24, 2.45) is 11.8 Å². The first-order valence-corrected chi connectivity index (χ1v) is 6.57. The van der Waals surface area contributed by atoms with E-state index < -0.39 is 10.1 Å². The van der Waals surface area contributed by atoms with Crippen LogP contribution in [-0.4, -0.2) is 18.7 Å². The Balaban J connectivity index is 0.00000196. The molecule has 0 aliphatic heterocycles. The van der Waals surface area contributed by atoms with E-state index in [1.54, 1.807) is 0 Å². The summed E-state index contributed by atoms with van der Waals surface area (Å²) in [6.07, 6.45) is 4.63. The Bertz CT molecular complexity index is 320. The predicted molar refractivity (Wildman–Crippen MR) is 54.8 cm³/mol. The molecule has 15 heavy (non-hydrogen) atoms. The van der Waals surface area contributed by atoms with Crippen molar-refractivity contribution in [2.75, 3.05) is 5.75 Å². The monoisotopic (exact) mass is 240 g/mol. The van der Waals surface area contributed by atoms with Crippen LogP contribution in [0.5, 0.6) is 0 Å². The van der Waals surface area contributed by atoms with Crippen molar-refractivity contribution in [2.45, 2.75) is 33.1 Å². The minimum atomic E-state index is -4.08. The number of rotatable bonds is 3. The summed E-state index contributed by atoms with van der Waals surface area (Å²) in [7, 11) is -4.08. The average molecular weight is 240 g/mol. The summed E-state index contributed by atoms with van der Waals surface area (Å²) in [4.78, 5) is 0. The van der Waals surface area contributed by atoms with Gasteiger partial charge in [0.1, 0.15) is 0 Å². The molecule has 0 bridgehead atoms. The van der Waals surface area contributed by atoms with Gasteiger partial charge in [0, 0.05) is 0 Å². The maximum Gasteiger partial charge on any atom is 1.00 e. The second-order valence-corrected chi connectivity index (χ2v) is 5.75. The number of hydrogen-bond donors (Lipinski definition) is 0. The third-order valence-corrected chi connectivity index (χ3v) is 3.57. The zero-order valence-corrected chi connectivity index (χ0v) is 12.5. The molecule has 0 radical (unpaired) electrons. The van der Waals surface area contributed by atoms with Gasteiger partial charge in [0.15, 0.2) is 0 Å². The van der Waals surface area contributed by atoms with Crippen molar-refractivity contribution in [3.05, 3.63) is 11.6 Å². The summed E-state index contributed by atoms with van der Waals surface area (Å²) in [6, 6.07) is 0. The van der Waals surface area contributed by atoms with E-state index in [2.05, 4.69) is 13.8 Å². The Morgan fingerprint density at radius 1 is 1.53 bits per heavy atom. The molecule has 0 aromatic carbocycles. The molecule has 0 saturated carbocycles. The van der Waals surface area contributed by atoms with E-state index in [9.17, 15) is 13.0 Å². The minimum Gasteiger partial charge on any atom is -0.748 e. The SMILES string of the molecule is CC(C)[C@@H]1CC=C(CS(=O)(=O)[O-])CC1.[Na+]. The van der Waals surface area contributed by atoms with Crippen LogP contribution in [0.25, 0.3) is 0 Å². The van der Waals surface area contributed by atoms with Gasteiger partial charge >= 0.3 is 29.6 Å². The second-order valence-electron chi connectivity index (χ2n) is 4.34. The molecule has 0 aromatic heterocycles. The first-order chi connectivity index (χ1) is 6.38. The van der Waals surface area contributed by atoms with Gasteiger partial charge in [-0.15, -0.1) is 0 Å². The van der Waals surface area contributed by atoms with Gasteiger partial charge < -0.3 is 4.55 Å². The van der Waals surface area contributed by atoms with Crippen LogP contribution in [0.2, 0.25) is 0 Å². The predicted octanol–water partition coefficient (Wildman–Crippen LogP) is -1.08. The maximum atomic E-state index is 10.5. The molecule has 0 amide bonds. The Labute approximate surface area is 114 Å². The maximum absolute atomic E-state index is 10.5. The third kappa shape index (κ3) is 6.07. The largest absolute Gasteiger partial charge is 1.00 e. The minimum absolute atomic E-state index is 0. The molecule has 0 heterocycles. The van der Waals surface area contributed by atoms with Gasteiger partial charge in [0.05, 0.1) is 15.9 Å². The summed E-state index contributed by atoms with van der Waals surface area (Å²) in [6.45, 7) is 4.35. The average Bonchev–Trinajstić information content (AvgIpc) is 2.02. The van der Waals surface area contributed by atoms with Crippen LogP contribution < -0.4 is 29.6 Å². The van der Waals surface area contributed by atoms with Gasteiger partial charge in [-0.2, -0.15) is 0 Å². The third-order valence-electron chi connectivity index (χ3n) is 2.85. The Morgan fingerprint density at radius 3 is 2.47 bits per heavy atom. The standard InChI is InChI=1S/C10H18O3S.Na/c1-8(2)10-5-3-9(4-6-10)7-14(11,12)13;/h3,8,10H,4-7H2,1-2H3,(H,11,12,13);/q;+1/p-1/t10-;/m1./s1. The van der Waals surface area contributed by atoms with Crippen LogP contribution in [0.4, 0.5) is 0 Å². The molecular formula is C10H17NaO3S. The molecule has 0 saturated heterocycles. The van der Waals surface area contributed by atoms with Crippen LogP contribution in [0, 0.1) is 11.8 Å². The van der Waals surface area contributed by atoms with E-state index in [0.717, 1.165) is 24.8 Å². The number of hydrogen-bond acceptors (Lipinski definition) is 3. The van der Waals surface area contributed by atoms with E-state index in [1.165, 1.54) is 0 Å². The summed E-state index contributed by atoms with van der Waals surface area (Å²) >= 11 is 0. The van der Waals surface area contributed by atoms with Gasteiger partial charge in [-0.3, -0.25) is 0 Å². The second kappa shape index (κ2) is 6.40. The normalized spacial score (nSPS) is 22.1. The molecule has 3 nitrogen and oxygen atoms in total.